The van der Waals surface area contributed by atoms with E-state index in [1.807, 2.05) is 0 Å². The van der Waals surface area contributed by atoms with Gasteiger partial charge in [-0.05, 0) is 35.9 Å². The van der Waals surface area contributed by atoms with Crippen LogP contribution in [0, 0.1) is 0 Å². The third-order valence-electron chi connectivity index (χ3n) is 1.65. The Kier molecular flexibility index (Phi) is 3.14. The summed E-state index contributed by atoms with van der Waals surface area (Å²) in [5, 5.41) is 8.60. The molecule has 0 aromatic heterocycles. The Bertz CT molecular complexity index is 297. The van der Waals surface area contributed by atoms with E-state index in [4.69, 9.17) is 16.7 Å². The minimum atomic E-state index is -0.407. The monoisotopic (exact) mass is 199 g/mol. The number of aromatic hydroxyl groups is 1. The topological polar surface area (TPSA) is 40.5 Å². The van der Waals surface area contributed by atoms with Gasteiger partial charge in [-0.15, -0.1) is 0 Å². The minimum absolute atomic E-state index is 0.159. The average molecular weight is 200 g/mol. The molecular formula is C9H10ClNO2. The highest BCUT2D eigenvalue weighted by Crippen LogP contribution is 2.16. The summed E-state index contributed by atoms with van der Waals surface area (Å²) in [5.74, 6) is 0.203. The number of carbonyl (C=O) groups excluding carboxylic acids is 1. The molecule has 13 heavy (non-hydrogen) atoms. The van der Waals surface area contributed by atoms with E-state index in [2.05, 4.69) is 0 Å². The maximum Gasteiger partial charge on any atom is 0.240 e. The van der Waals surface area contributed by atoms with Crippen molar-refractivity contribution in [3.8, 4) is 5.75 Å². The second-order valence-corrected chi connectivity index (χ2v) is 3.15. The van der Waals surface area contributed by atoms with E-state index >= 15 is 0 Å². The summed E-state index contributed by atoms with van der Waals surface area (Å²) in [6.45, 7) is 0.159. The quantitative estimate of drug-likeness (QED) is 0.752. The highest BCUT2D eigenvalue weighted by Gasteiger charge is 2.03. The number of phenolic OH excluding ortho intramolecular Hbond substituents is 1. The Morgan fingerprint density at radius 2 is 2.00 bits per heavy atom. The second-order valence-electron chi connectivity index (χ2n) is 2.73. The lowest BCUT2D eigenvalue weighted by molar-refractivity contribution is -0.110. The fourth-order valence-corrected chi connectivity index (χ4v) is 1.16. The zero-order valence-corrected chi connectivity index (χ0v) is 7.95. The van der Waals surface area contributed by atoms with Crippen molar-refractivity contribution in [1.82, 2.24) is 0 Å². The Labute approximate surface area is 81.5 Å². The molecule has 0 aliphatic carbocycles. The van der Waals surface area contributed by atoms with E-state index in [0.29, 0.717) is 0 Å². The van der Waals surface area contributed by atoms with Gasteiger partial charge in [-0.3, -0.25) is 4.79 Å². The Hall–Kier alpha value is -1.22. The van der Waals surface area contributed by atoms with E-state index < -0.39 is 5.24 Å². The van der Waals surface area contributed by atoms with Gasteiger partial charge in [0.05, 0.1) is 6.54 Å². The molecule has 0 heterocycles. The van der Waals surface area contributed by atoms with Crippen molar-refractivity contribution < 1.29 is 9.90 Å². The number of phenols is 1. The van der Waals surface area contributed by atoms with Gasteiger partial charge in [0.1, 0.15) is 5.75 Å². The smallest absolute Gasteiger partial charge is 0.240 e. The summed E-state index contributed by atoms with van der Waals surface area (Å²) in [5.41, 5.74) is 0.840. The third kappa shape index (κ3) is 2.95. The SMILES string of the molecule is CN(CC(=O)Cl)c1ccc(O)cc1. The number of halogens is 1. The zero-order valence-electron chi connectivity index (χ0n) is 7.20. The van der Waals surface area contributed by atoms with Crippen molar-refractivity contribution in [3.63, 3.8) is 0 Å². The predicted molar refractivity (Wildman–Crippen MR) is 52.2 cm³/mol. The number of carbonyl (C=O) groups is 1. The normalized spacial score (nSPS) is 9.69. The van der Waals surface area contributed by atoms with E-state index in [9.17, 15) is 4.79 Å². The molecule has 0 bridgehead atoms. The number of hydrogen-bond donors (Lipinski definition) is 1. The second kappa shape index (κ2) is 4.14. The van der Waals surface area contributed by atoms with E-state index in [1.54, 1.807) is 36.2 Å². The first-order valence-electron chi connectivity index (χ1n) is 3.78. The first-order chi connectivity index (χ1) is 6.09. The fourth-order valence-electron chi connectivity index (χ4n) is 0.985. The maximum atomic E-state index is 10.6. The molecule has 4 heteroatoms. The van der Waals surface area contributed by atoms with Gasteiger partial charge < -0.3 is 10.0 Å². The molecule has 0 unspecified atom stereocenters. The molecule has 1 N–H and O–H groups in total. The van der Waals surface area contributed by atoms with Crippen molar-refractivity contribution in [1.29, 1.82) is 0 Å². The molecule has 1 rings (SSSR count). The van der Waals surface area contributed by atoms with Crippen LogP contribution in [0.2, 0.25) is 0 Å². The van der Waals surface area contributed by atoms with Crippen LogP contribution in [0.4, 0.5) is 5.69 Å². The molecule has 3 nitrogen and oxygen atoms in total. The lowest BCUT2D eigenvalue weighted by Crippen LogP contribution is -2.22. The lowest BCUT2D eigenvalue weighted by Gasteiger charge is -2.16. The zero-order chi connectivity index (χ0) is 9.84. The molecule has 0 radical (unpaired) electrons. The van der Waals surface area contributed by atoms with Crippen LogP contribution in [0.3, 0.4) is 0 Å². The standard InChI is InChI=1S/C9H10ClNO2/c1-11(6-9(10)13)7-2-4-8(12)5-3-7/h2-5,12H,6H2,1H3. The number of nitrogens with zero attached hydrogens (tertiary/aromatic N) is 1. The summed E-state index contributed by atoms with van der Waals surface area (Å²) in [6, 6.07) is 6.55. The van der Waals surface area contributed by atoms with Gasteiger partial charge in [-0.2, -0.15) is 0 Å². The van der Waals surface area contributed by atoms with Crippen LogP contribution < -0.4 is 4.90 Å². The molecular weight excluding hydrogens is 190 g/mol. The average Bonchev–Trinajstić information content (AvgIpc) is 2.04. The van der Waals surface area contributed by atoms with Crippen molar-refractivity contribution in [2.75, 3.05) is 18.5 Å². The molecule has 1 aromatic carbocycles. The number of benzene rings is 1. The van der Waals surface area contributed by atoms with Gasteiger partial charge in [0.25, 0.3) is 0 Å². The van der Waals surface area contributed by atoms with Crippen molar-refractivity contribution in [2.24, 2.45) is 0 Å². The predicted octanol–water partition coefficient (Wildman–Crippen LogP) is 1.59. The fraction of sp³-hybridized carbons (Fsp3) is 0.222. The highest BCUT2D eigenvalue weighted by atomic mass is 35.5. The number of likely N-dealkylation sites (N-methyl/N-ethyl adjacent to an activating group) is 1. The van der Waals surface area contributed by atoms with E-state index in [1.165, 1.54) is 0 Å². The summed E-state index contributed by atoms with van der Waals surface area (Å²) in [4.78, 5) is 12.3. The van der Waals surface area contributed by atoms with Gasteiger partial charge >= 0.3 is 0 Å². The number of hydrogen-bond acceptors (Lipinski definition) is 3. The van der Waals surface area contributed by atoms with Crippen LogP contribution in [0.5, 0.6) is 5.75 Å². The molecule has 0 aliphatic rings. The molecule has 0 amide bonds. The molecule has 70 valence electrons. The Balaban J connectivity index is 2.71. The van der Waals surface area contributed by atoms with Crippen LogP contribution in [0.15, 0.2) is 24.3 Å². The Morgan fingerprint density at radius 3 is 2.46 bits per heavy atom. The summed E-state index contributed by atoms with van der Waals surface area (Å²) < 4.78 is 0. The molecule has 0 saturated carbocycles. The van der Waals surface area contributed by atoms with Gasteiger partial charge in [0.15, 0.2) is 0 Å². The van der Waals surface area contributed by atoms with Gasteiger partial charge in [-0.25, -0.2) is 0 Å². The minimum Gasteiger partial charge on any atom is -0.508 e. The summed E-state index contributed by atoms with van der Waals surface area (Å²) >= 11 is 5.22. The molecule has 0 spiro atoms. The largest absolute Gasteiger partial charge is 0.508 e. The molecule has 0 aliphatic heterocycles. The van der Waals surface area contributed by atoms with Crippen molar-refractivity contribution in [2.45, 2.75) is 0 Å². The van der Waals surface area contributed by atoms with Crippen LogP contribution >= 0.6 is 11.6 Å². The first-order valence-corrected chi connectivity index (χ1v) is 4.16. The Morgan fingerprint density at radius 1 is 1.46 bits per heavy atom. The van der Waals surface area contributed by atoms with E-state index in [0.717, 1.165) is 5.69 Å². The maximum absolute atomic E-state index is 10.6. The van der Waals surface area contributed by atoms with Gasteiger partial charge in [0.2, 0.25) is 5.24 Å². The summed E-state index contributed by atoms with van der Waals surface area (Å²) in [7, 11) is 1.76. The third-order valence-corrected chi connectivity index (χ3v) is 1.77. The van der Waals surface area contributed by atoms with Crippen molar-refractivity contribution >= 4 is 22.5 Å². The lowest BCUT2D eigenvalue weighted by atomic mass is 10.3. The number of anilines is 1. The van der Waals surface area contributed by atoms with E-state index in [-0.39, 0.29) is 12.3 Å². The van der Waals surface area contributed by atoms with Gasteiger partial charge in [0, 0.05) is 12.7 Å². The highest BCUT2D eigenvalue weighted by molar-refractivity contribution is 6.64. The number of rotatable bonds is 3. The van der Waals surface area contributed by atoms with Crippen molar-refractivity contribution in [3.05, 3.63) is 24.3 Å². The molecule has 1 aromatic rings. The van der Waals surface area contributed by atoms with Crippen LogP contribution in [-0.2, 0) is 4.79 Å². The molecule has 0 fully saturated rings. The van der Waals surface area contributed by atoms with Crippen LogP contribution in [0.25, 0.3) is 0 Å². The first kappa shape index (κ1) is 9.86. The van der Waals surface area contributed by atoms with Crippen LogP contribution in [0.1, 0.15) is 0 Å². The van der Waals surface area contributed by atoms with Crippen LogP contribution in [-0.4, -0.2) is 23.9 Å². The molecule has 0 saturated heterocycles. The summed E-state index contributed by atoms with van der Waals surface area (Å²) in [6.07, 6.45) is 0. The van der Waals surface area contributed by atoms with Gasteiger partial charge in [-0.1, -0.05) is 0 Å². The molecule has 0 atom stereocenters.